The predicted molar refractivity (Wildman–Crippen MR) is 143 cm³/mol. The second-order valence-corrected chi connectivity index (χ2v) is 16.1. The van der Waals surface area contributed by atoms with Crippen LogP contribution in [0.3, 0.4) is 0 Å². The summed E-state index contributed by atoms with van der Waals surface area (Å²) in [5.74, 6) is 1.04. The van der Waals surface area contributed by atoms with Crippen LogP contribution in [0.5, 0.6) is 0 Å². The van der Waals surface area contributed by atoms with Gasteiger partial charge in [0.2, 0.25) is 0 Å². The van der Waals surface area contributed by atoms with E-state index in [1.54, 1.807) is 0 Å². The summed E-state index contributed by atoms with van der Waals surface area (Å²) < 4.78 is 37.9. The number of hydrogen-bond donors (Lipinski definition) is 2. The van der Waals surface area contributed by atoms with E-state index in [9.17, 15) is 22.9 Å². The molecule has 6 nitrogen and oxygen atoms in total. The molecule has 0 aromatic carbocycles. The summed E-state index contributed by atoms with van der Waals surface area (Å²) in [7, 11) is -4.50. The molecular weight excluding hydrogens is 488 g/mol. The molecule has 0 amide bonds. The Morgan fingerprint density at radius 2 is 1.54 bits per heavy atom. The minimum Gasteiger partial charge on any atom is -0.481 e. The molecule has 210 valence electrons. The third-order valence-corrected chi connectivity index (χ3v) is 14.1. The number of hydrogen-bond acceptors (Lipinski definition) is 4. The first-order chi connectivity index (χ1) is 16.9. The van der Waals surface area contributed by atoms with Gasteiger partial charge in [0.1, 0.15) is 0 Å². The molecule has 5 saturated carbocycles. The van der Waals surface area contributed by atoms with E-state index < -0.39 is 27.9 Å². The van der Waals surface area contributed by atoms with Crippen LogP contribution in [-0.4, -0.2) is 30.2 Å². The Hall–Kier alpha value is -0.920. The lowest BCUT2D eigenvalue weighted by Crippen LogP contribution is -2.67. The van der Waals surface area contributed by atoms with E-state index in [2.05, 4.69) is 48.1 Å². The lowest BCUT2D eigenvalue weighted by molar-refractivity contribution is -0.246. The molecule has 5 aliphatic carbocycles. The number of carboxylic acids is 1. The fourth-order valence-corrected chi connectivity index (χ4v) is 12.4. The van der Waals surface area contributed by atoms with Crippen LogP contribution in [-0.2, 0) is 19.4 Å². The van der Waals surface area contributed by atoms with Crippen molar-refractivity contribution in [1.82, 2.24) is 0 Å². The van der Waals surface area contributed by atoms with Gasteiger partial charge in [0.05, 0.1) is 11.5 Å². The van der Waals surface area contributed by atoms with Crippen LogP contribution in [0.1, 0.15) is 106 Å². The van der Waals surface area contributed by atoms with Crippen LogP contribution in [0.15, 0.2) is 12.2 Å². The molecule has 0 spiro atoms. The molecule has 2 N–H and O–H groups in total. The second kappa shape index (κ2) is 8.30. The third kappa shape index (κ3) is 3.61. The number of aliphatic carboxylic acids is 1. The average molecular weight is 537 g/mol. The van der Waals surface area contributed by atoms with E-state index in [1.165, 1.54) is 0 Å². The molecule has 5 fully saturated rings. The largest absolute Gasteiger partial charge is 0.481 e. The van der Waals surface area contributed by atoms with Crippen LogP contribution in [0.4, 0.5) is 0 Å². The molecule has 37 heavy (non-hydrogen) atoms. The van der Waals surface area contributed by atoms with Gasteiger partial charge in [-0.15, -0.1) is 0 Å². The first-order valence-corrected chi connectivity index (χ1v) is 15.8. The summed E-state index contributed by atoms with van der Waals surface area (Å²) in [6, 6.07) is 0. The normalized spacial score (nSPS) is 50.8. The van der Waals surface area contributed by atoms with E-state index in [4.69, 9.17) is 4.18 Å². The number of allylic oxidation sites excluding steroid dienone is 1. The third-order valence-electron chi connectivity index (χ3n) is 13.7. The number of carboxylic acid groups (broad SMARTS) is 1. The van der Waals surface area contributed by atoms with Gasteiger partial charge in [0, 0.05) is 0 Å². The summed E-state index contributed by atoms with van der Waals surface area (Å²) >= 11 is 0. The van der Waals surface area contributed by atoms with Crippen molar-refractivity contribution in [2.45, 2.75) is 112 Å². The molecule has 0 aromatic rings. The topological polar surface area (TPSA) is 101 Å². The standard InChI is InChI=1S/C30H48O6S/c1-18(2)19-10-15-30(25(31)32)17-16-28(6)20(24(19)30)8-9-22-27(5)13-12-23(36-37(33,34)35)26(3,4)21(27)11-14-29(22,28)7/h19-24H,1,8-17H2,2-7H3,(H,31,32)(H,33,34,35)/t19?,20?,21?,22?,23-,24?,27-,28+,29+,30-/m0/s1. The van der Waals surface area contributed by atoms with Gasteiger partial charge in [-0.25, -0.2) is 4.18 Å². The van der Waals surface area contributed by atoms with Gasteiger partial charge in [0.15, 0.2) is 0 Å². The molecular formula is C30H48O6S. The van der Waals surface area contributed by atoms with Crippen LogP contribution in [0.25, 0.3) is 0 Å². The summed E-state index contributed by atoms with van der Waals surface area (Å²) in [5, 5.41) is 10.5. The second-order valence-electron chi connectivity index (χ2n) is 15.0. The van der Waals surface area contributed by atoms with Crippen molar-refractivity contribution >= 4 is 16.4 Å². The fourth-order valence-electron chi connectivity index (χ4n) is 11.8. The number of carbonyl (C=O) groups is 1. The van der Waals surface area contributed by atoms with E-state index in [1.807, 2.05) is 0 Å². The van der Waals surface area contributed by atoms with E-state index in [0.29, 0.717) is 30.1 Å². The van der Waals surface area contributed by atoms with Gasteiger partial charge in [0.25, 0.3) is 0 Å². The van der Waals surface area contributed by atoms with Crippen LogP contribution in [0.2, 0.25) is 0 Å². The van der Waals surface area contributed by atoms with Gasteiger partial charge in [-0.05, 0) is 122 Å². The first-order valence-electron chi connectivity index (χ1n) is 14.5. The zero-order chi connectivity index (χ0) is 27.4. The van der Waals surface area contributed by atoms with Crippen molar-refractivity contribution in [2.24, 2.45) is 56.7 Å². The highest BCUT2D eigenvalue weighted by Crippen LogP contribution is 2.77. The van der Waals surface area contributed by atoms with Crippen molar-refractivity contribution in [2.75, 3.05) is 0 Å². The maximum atomic E-state index is 12.8. The highest BCUT2D eigenvalue weighted by molar-refractivity contribution is 7.80. The summed E-state index contributed by atoms with van der Waals surface area (Å²) in [6.45, 7) is 18.1. The summed E-state index contributed by atoms with van der Waals surface area (Å²) in [5.41, 5.74) is 0.390. The molecule has 0 radical (unpaired) electrons. The number of fused-ring (bicyclic) bond motifs is 7. The van der Waals surface area contributed by atoms with Gasteiger partial charge in [-0.2, -0.15) is 8.42 Å². The minimum atomic E-state index is -4.50. The molecule has 0 aromatic heterocycles. The van der Waals surface area contributed by atoms with Crippen LogP contribution < -0.4 is 0 Å². The number of rotatable bonds is 4. The van der Waals surface area contributed by atoms with Crippen molar-refractivity contribution in [3.8, 4) is 0 Å². The Balaban J connectivity index is 1.52. The summed E-state index contributed by atoms with van der Waals surface area (Å²) in [6.07, 6.45) is 8.68. The SMILES string of the molecule is C=C(C)C1CC[C@]2(C(=O)O)CC[C@]3(C)C(CCC4[C@@]5(C)CC[C@H](OS(=O)(=O)O)C(C)(C)C5CC[C@]43C)C12. The highest BCUT2D eigenvalue weighted by atomic mass is 32.3. The van der Waals surface area contributed by atoms with Gasteiger partial charge < -0.3 is 5.11 Å². The Kier molecular flexibility index (Phi) is 6.20. The van der Waals surface area contributed by atoms with Gasteiger partial charge >= 0.3 is 16.4 Å². The lowest BCUT2D eigenvalue weighted by atomic mass is 9.32. The van der Waals surface area contributed by atoms with E-state index in [0.717, 1.165) is 63.4 Å². The molecule has 0 saturated heterocycles. The molecule has 5 unspecified atom stereocenters. The Bertz CT molecular complexity index is 1100. The predicted octanol–water partition coefficient (Wildman–Crippen LogP) is 6.92. The van der Waals surface area contributed by atoms with Crippen LogP contribution >= 0.6 is 0 Å². The van der Waals surface area contributed by atoms with E-state index >= 15 is 0 Å². The highest BCUT2D eigenvalue weighted by Gasteiger charge is 2.72. The van der Waals surface area contributed by atoms with Gasteiger partial charge in [-0.1, -0.05) is 46.8 Å². The quantitative estimate of drug-likeness (QED) is 0.299. The van der Waals surface area contributed by atoms with Crippen molar-refractivity contribution < 1.29 is 27.1 Å². The molecule has 0 heterocycles. The molecule has 0 bridgehead atoms. The maximum absolute atomic E-state index is 12.8. The monoisotopic (exact) mass is 536 g/mol. The smallest absolute Gasteiger partial charge is 0.397 e. The molecule has 5 aliphatic rings. The van der Waals surface area contributed by atoms with Crippen molar-refractivity contribution in [3.05, 3.63) is 12.2 Å². The first kappa shape index (κ1) is 27.6. The van der Waals surface area contributed by atoms with Crippen molar-refractivity contribution in [3.63, 3.8) is 0 Å². The Morgan fingerprint density at radius 3 is 2.14 bits per heavy atom. The molecule has 5 rings (SSSR count). The fraction of sp³-hybridized carbons (Fsp3) is 0.900. The van der Waals surface area contributed by atoms with Crippen LogP contribution in [0, 0.1) is 56.7 Å². The minimum absolute atomic E-state index is 0.0499. The lowest BCUT2D eigenvalue weighted by Gasteiger charge is -2.72. The Morgan fingerprint density at radius 1 is 0.865 bits per heavy atom. The summed E-state index contributed by atoms with van der Waals surface area (Å²) in [4.78, 5) is 12.8. The molecule has 7 heteroatoms. The Labute approximate surface area is 224 Å². The maximum Gasteiger partial charge on any atom is 0.397 e. The zero-order valence-corrected chi connectivity index (χ0v) is 24.5. The zero-order valence-electron chi connectivity index (χ0n) is 23.7. The van der Waals surface area contributed by atoms with E-state index in [-0.39, 0.29) is 27.6 Å². The van der Waals surface area contributed by atoms with Gasteiger partial charge in [-0.3, -0.25) is 9.35 Å². The molecule has 10 atom stereocenters. The van der Waals surface area contributed by atoms with Crippen molar-refractivity contribution in [1.29, 1.82) is 0 Å². The average Bonchev–Trinajstić information content (AvgIpc) is 3.17. The molecule has 0 aliphatic heterocycles.